The number of piperidine rings is 1. The first kappa shape index (κ1) is 12.3. The first-order valence-corrected chi connectivity index (χ1v) is 6.52. The summed E-state index contributed by atoms with van der Waals surface area (Å²) in [5, 5.41) is 6.34. The van der Waals surface area contributed by atoms with Crippen LogP contribution < -0.4 is 20.1 Å². The van der Waals surface area contributed by atoms with Gasteiger partial charge in [-0.25, -0.2) is 0 Å². The minimum absolute atomic E-state index is 0.0468. The van der Waals surface area contributed by atoms with Gasteiger partial charge in [-0.3, -0.25) is 4.79 Å². The molecule has 0 spiro atoms. The highest BCUT2D eigenvalue weighted by Crippen LogP contribution is 2.45. The molecule has 1 saturated heterocycles. The lowest BCUT2D eigenvalue weighted by Crippen LogP contribution is -2.44. The van der Waals surface area contributed by atoms with Gasteiger partial charge in [0, 0.05) is 24.4 Å². The second-order valence-electron chi connectivity index (χ2n) is 4.99. The van der Waals surface area contributed by atoms with E-state index < -0.39 is 0 Å². The van der Waals surface area contributed by atoms with Gasteiger partial charge >= 0.3 is 0 Å². The molecule has 1 aromatic rings. The Hall–Kier alpha value is -1.75. The van der Waals surface area contributed by atoms with Gasteiger partial charge in [0.15, 0.2) is 0 Å². The Labute approximate surface area is 112 Å². The number of rotatable bonds is 2. The number of nitrogens with one attached hydrogen (secondary N) is 2. The molecule has 1 amide bonds. The molecule has 2 unspecified atom stereocenters. The van der Waals surface area contributed by atoms with E-state index in [9.17, 15) is 4.79 Å². The lowest BCUT2D eigenvalue weighted by atomic mass is 9.77. The molecule has 0 aliphatic carbocycles. The number of methoxy groups -OCH3 is 2. The van der Waals surface area contributed by atoms with Crippen molar-refractivity contribution >= 4 is 11.6 Å². The lowest BCUT2D eigenvalue weighted by Gasteiger charge is -2.37. The molecule has 19 heavy (non-hydrogen) atoms. The van der Waals surface area contributed by atoms with Crippen LogP contribution >= 0.6 is 0 Å². The maximum atomic E-state index is 12.2. The third-order valence-corrected chi connectivity index (χ3v) is 4.03. The number of carbonyl (C=O) groups excluding carboxylic acids is 1. The van der Waals surface area contributed by atoms with Gasteiger partial charge in [0.2, 0.25) is 5.91 Å². The normalized spacial score (nSPS) is 25.1. The van der Waals surface area contributed by atoms with Crippen molar-refractivity contribution in [3.8, 4) is 11.5 Å². The van der Waals surface area contributed by atoms with Crippen LogP contribution in [-0.2, 0) is 4.79 Å². The molecule has 2 aliphatic rings. The van der Waals surface area contributed by atoms with E-state index in [0.717, 1.165) is 36.5 Å². The molecule has 1 aromatic carbocycles. The van der Waals surface area contributed by atoms with Gasteiger partial charge in [-0.2, -0.15) is 0 Å². The van der Waals surface area contributed by atoms with Crippen LogP contribution in [0.4, 0.5) is 5.69 Å². The minimum Gasteiger partial charge on any atom is -0.497 e. The molecule has 1 fully saturated rings. The van der Waals surface area contributed by atoms with Crippen molar-refractivity contribution in [3.05, 3.63) is 17.7 Å². The summed E-state index contributed by atoms with van der Waals surface area (Å²) in [6.45, 7) is 1.71. The zero-order valence-corrected chi connectivity index (χ0v) is 11.2. The number of fused-ring (bicyclic) bond motifs is 3. The second-order valence-corrected chi connectivity index (χ2v) is 4.99. The molecular weight excluding hydrogens is 244 g/mol. The van der Waals surface area contributed by atoms with Crippen LogP contribution in [0.25, 0.3) is 0 Å². The average molecular weight is 262 g/mol. The first-order chi connectivity index (χ1) is 9.24. The SMILES string of the molecule is COc1cc(OC)c2c(c1)C1CNCCC1C(=O)N2. The average Bonchev–Trinajstić information content (AvgIpc) is 2.47. The standard InChI is InChI=1S/C14H18N2O3/c1-18-8-5-10-11-7-15-4-3-9(11)14(17)16-13(10)12(6-8)19-2/h5-6,9,11,15H,3-4,7H2,1-2H3,(H,16,17). The molecule has 0 aromatic heterocycles. The van der Waals surface area contributed by atoms with Gasteiger partial charge in [0.05, 0.1) is 19.9 Å². The fraction of sp³-hybridized carbons (Fsp3) is 0.500. The molecule has 0 bridgehead atoms. The Morgan fingerprint density at radius 2 is 2.05 bits per heavy atom. The number of amides is 1. The summed E-state index contributed by atoms with van der Waals surface area (Å²) in [7, 11) is 3.24. The van der Waals surface area contributed by atoms with E-state index in [0.29, 0.717) is 5.75 Å². The Morgan fingerprint density at radius 1 is 1.21 bits per heavy atom. The summed E-state index contributed by atoms with van der Waals surface area (Å²) in [6.07, 6.45) is 0.871. The summed E-state index contributed by atoms with van der Waals surface area (Å²) < 4.78 is 10.7. The van der Waals surface area contributed by atoms with Crippen LogP contribution in [0.3, 0.4) is 0 Å². The maximum Gasteiger partial charge on any atom is 0.228 e. The highest BCUT2D eigenvalue weighted by molar-refractivity contribution is 5.98. The molecule has 2 heterocycles. The van der Waals surface area contributed by atoms with Gasteiger partial charge < -0.3 is 20.1 Å². The van der Waals surface area contributed by atoms with Crippen LogP contribution in [0.2, 0.25) is 0 Å². The van der Waals surface area contributed by atoms with Crippen molar-refractivity contribution in [1.29, 1.82) is 0 Å². The Balaban J connectivity index is 2.11. The fourth-order valence-corrected chi connectivity index (χ4v) is 3.03. The van der Waals surface area contributed by atoms with Crippen molar-refractivity contribution in [2.75, 3.05) is 32.6 Å². The predicted octanol–water partition coefficient (Wildman–Crippen LogP) is 1.35. The van der Waals surface area contributed by atoms with Crippen molar-refractivity contribution in [3.63, 3.8) is 0 Å². The molecule has 2 N–H and O–H groups in total. The molecule has 5 nitrogen and oxygen atoms in total. The van der Waals surface area contributed by atoms with E-state index >= 15 is 0 Å². The molecule has 0 saturated carbocycles. The largest absolute Gasteiger partial charge is 0.497 e. The molecule has 3 rings (SSSR count). The highest BCUT2D eigenvalue weighted by Gasteiger charge is 2.38. The van der Waals surface area contributed by atoms with E-state index in [-0.39, 0.29) is 17.7 Å². The van der Waals surface area contributed by atoms with E-state index in [1.165, 1.54) is 0 Å². The summed E-state index contributed by atoms with van der Waals surface area (Å²) in [5.41, 5.74) is 1.89. The smallest absolute Gasteiger partial charge is 0.228 e. The molecule has 2 aliphatic heterocycles. The summed E-state index contributed by atoms with van der Waals surface area (Å²) in [5.74, 6) is 1.76. The molecule has 102 valence electrons. The van der Waals surface area contributed by atoms with Gasteiger partial charge in [-0.05, 0) is 24.6 Å². The predicted molar refractivity (Wildman–Crippen MR) is 71.9 cm³/mol. The number of carbonyl (C=O) groups is 1. The zero-order chi connectivity index (χ0) is 13.4. The van der Waals surface area contributed by atoms with E-state index in [1.54, 1.807) is 20.3 Å². The molecule has 2 atom stereocenters. The summed E-state index contributed by atoms with van der Waals surface area (Å²) in [4.78, 5) is 12.2. The van der Waals surface area contributed by atoms with Gasteiger partial charge in [-0.1, -0.05) is 0 Å². The number of ether oxygens (including phenoxy) is 2. The van der Waals surface area contributed by atoms with Crippen molar-refractivity contribution in [2.24, 2.45) is 5.92 Å². The first-order valence-electron chi connectivity index (χ1n) is 6.52. The number of anilines is 1. The van der Waals surface area contributed by atoms with Crippen LogP contribution in [0.1, 0.15) is 17.9 Å². The topological polar surface area (TPSA) is 59.6 Å². The second kappa shape index (κ2) is 4.74. The zero-order valence-electron chi connectivity index (χ0n) is 11.2. The van der Waals surface area contributed by atoms with Crippen LogP contribution in [-0.4, -0.2) is 33.2 Å². The van der Waals surface area contributed by atoms with Crippen molar-refractivity contribution in [2.45, 2.75) is 12.3 Å². The maximum absolute atomic E-state index is 12.2. The Bertz CT molecular complexity index is 516. The van der Waals surface area contributed by atoms with Crippen LogP contribution in [0, 0.1) is 5.92 Å². The van der Waals surface area contributed by atoms with Gasteiger partial charge in [-0.15, -0.1) is 0 Å². The van der Waals surface area contributed by atoms with E-state index in [4.69, 9.17) is 9.47 Å². The van der Waals surface area contributed by atoms with Crippen molar-refractivity contribution in [1.82, 2.24) is 5.32 Å². The van der Waals surface area contributed by atoms with Crippen molar-refractivity contribution < 1.29 is 14.3 Å². The molecule has 5 heteroatoms. The number of benzene rings is 1. The van der Waals surface area contributed by atoms with E-state index in [2.05, 4.69) is 10.6 Å². The number of hydrogen-bond acceptors (Lipinski definition) is 4. The lowest BCUT2D eigenvalue weighted by molar-refractivity contribution is -0.121. The monoisotopic (exact) mass is 262 g/mol. The highest BCUT2D eigenvalue weighted by atomic mass is 16.5. The third kappa shape index (κ3) is 1.94. The summed E-state index contributed by atoms with van der Waals surface area (Å²) >= 11 is 0. The van der Waals surface area contributed by atoms with Crippen LogP contribution in [0.5, 0.6) is 11.5 Å². The summed E-state index contributed by atoms with van der Waals surface area (Å²) in [6, 6.07) is 3.80. The van der Waals surface area contributed by atoms with Gasteiger partial charge in [0.1, 0.15) is 11.5 Å². The minimum atomic E-state index is 0.0468. The molecular formula is C14H18N2O3. The van der Waals surface area contributed by atoms with Gasteiger partial charge in [0.25, 0.3) is 0 Å². The Morgan fingerprint density at radius 3 is 2.79 bits per heavy atom. The fourth-order valence-electron chi connectivity index (χ4n) is 3.03. The Kier molecular flexibility index (Phi) is 3.06. The van der Waals surface area contributed by atoms with Crippen LogP contribution in [0.15, 0.2) is 12.1 Å². The number of hydrogen-bond donors (Lipinski definition) is 2. The quantitative estimate of drug-likeness (QED) is 0.844. The molecule has 0 radical (unpaired) electrons. The van der Waals surface area contributed by atoms with E-state index in [1.807, 2.05) is 6.07 Å². The third-order valence-electron chi connectivity index (χ3n) is 4.03.